The highest BCUT2D eigenvalue weighted by Crippen LogP contribution is 2.43. The van der Waals surface area contributed by atoms with Gasteiger partial charge in [0.2, 0.25) is 0 Å². The molecule has 2 unspecified atom stereocenters. The summed E-state index contributed by atoms with van der Waals surface area (Å²) in [5.41, 5.74) is 5.58. The number of fused-ring (bicyclic) bond motifs is 2. The van der Waals surface area contributed by atoms with Crippen LogP contribution in [0.25, 0.3) is 0 Å². The molecule has 7 nitrogen and oxygen atoms in total. The normalized spacial score (nSPS) is 24.2. The van der Waals surface area contributed by atoms with Crippen LogP contribution in [0.4, 0.5) is 17.6 Å². The zero-order chi connectivity index (χ0) is 25.4. The van der Waals surface area contributed by atoms with Crippen LogP contribution in [0.1, 0.15) is 46.0 Å². The fourth-order valence-corrected chi connectivity index (χ4v) is 6.38. The first-order valence-electron chi connectivity index (χ1n) is 12.6. The monoisotopic (exact) mass is 544 g/mol. The van der Waals surface area contributed by atoms with Gasteiger partial charge in [0.25, 0.3) is 11.8 Å². The Bertz CT molecular complexity index is 1100. The SMILES string of the molecule is Cl.Cn1c(C(C(=O)C(c2cc3c(n2C)CNCC3)N2CC(F)(F)C2)N2CC(F)(F)C2)cc2c1CNCC2. The molecular weight excluding hydrogens is 512 g/mol. The molecule has 0 amide bonds. The van der Waals surface area contributed by atoms with Crippen molar-refractivity contribution in [2.45, 2.75) is 49.9 Å². The molecule has 2 N–H and O–H groups in total. The minimum Gasteiger partial charge on any atom is -0.348 e. The van der Waals surface area contributed by atoms with Gasteiger partial charge < -0.3 is 19.8 Å². The molecule has 204 valence electrons. The molecule has 0 aromatic carbocycles. The third kappa shape index (κ3) is 4.52. The minimum atomic E-state index is -2.86. The van der Waals surface area contributed by atoms with Crippen LogP contribution >= 0.6 is 12.4 Å². The van der Waals surface area contributed by atoms with E-state index in [-0.39, 0.29) is 18.2 Å². The first kappa shape index (κ1) is 26.7. The Morgan fingerprint density at radius 1 is 0.784 bits per heavy atom. The molecule has 0 radical (unpaired) electrons. The summed E-state index contributed by atoms with van der Waals surface area (Å²) < 4.78 is 60.0. The maximum Gasteiger partial charge on any atom is 0.273 e. The van der Waals surface area contributed by atoms with Crippen LogP contribution in [0.2, 0.25) is 0 Å². The molecule has 2 aromatic heterocycles. The number of nitrogens with zero attached hydrogens (tertiary/aromatic N) is 4. The Morgan fingerprint density at radius 3 is 1.49 bits per heavy atom. The van der Waals surface area contributed by atoms with Crippen molar-refractivity contribution in [1.82, 2.24) is 29.6 Å². The molecule has 2 saturated heterocycles. The van der Waals surface area contributed by atoms with Crippen molar-refractivity contribution in [1.29, 1.82) is 0 Å². The fraction of sp³-hybridized carbons (Fsp3) is 0.640. The quantitative estimate of drug-likeness (QED) is 0.547. The largest absolute Gasteiger partial charge is 0.348 e. The zero-order valence-electron chi connectivity index (χ0n) is 21.0. The van der Waals surface area contributed by atoms with E-state index in [1.54, 1.807) is 0 Å². The average molecular weight is 545 g/mol. The first-order chi connectivity index (χ1) is 17.0. The summed E-state index contributed by atoms with van der Waals surface area (Å²) in [5.74, 6) is -6.04. The summed E-state index contributed by atoms with van der Waals surface area (Å²) in [6, 6.07) is 2.03. The van der Waals surface area contributed by atoms with Crippen LogP contribution in [-0.4, -0.2) is 75.8 Å². The molecule has 0 bridgehead atoms. The molecule has 2 atom stereocenters. The van der Waals surface area contributed by atoms with Crippen molar-refractivity contribution in [3.63, 3.8) is 0 Å². The number of aromatic nitrogens is 2. The average Bonchev–Trinajstić information content (AvgIpc) is 3.29. The lowest BCUT2D eigenvalue weighted by molar-refractivity contribution is -0.174. The number of hydrogen-bond acceptors (Lipinski definition) is 5. The van der Waals surface area contributed by atoms with Crippen molar-refractivity contribution in [2.24, 2.45) is 14.1 Å². The summed E-state index contributed by atoms with van der Waals surface area (Å²) in [6.45, 7) is 0.824. The van der Waals surface area contributed by atoms with E-state index in [0.29, 0.717) is 24.5 Å². The maximum absolute atomic E-state index is 14.4. The zero-order valence-corrected chi connectivity index (χ0v) is 21.8. The van der Waals surface area contributed by atoms with Gasteiger partial charge >= 0.3 is 0 Å². The van der Waals surface area contributed by atoms with Gasteiger partial charge in [-0.2, -0.15) is 0 Å². The Morgan fingerprint density at radius 2 is 1.16 bits per heavy atom. The molecule has 12 heteroatoms. The van der Waals surface area contributed by atoms with Gasteiger partial charge in [-0.25, -0.2) is 17.6 Å². The van der Waals surface area contributed by atoms with Crippen molar-refractivity contribution < 1.29 is 22.4 Å². The van der Waals surface area contributed by atoms with Gasteiger partial charge in [-0.15, -0.1) is 12.4 Å². The molecule has 37 heavy (non-hydrogen) atoms. The van der Waals surface area contributed by atoms with Gasteiger partial charge in [-0.05, 0) is 49.2 Å². The number of nitrogens with one attached hydrogen (secondary N) is 2. The summed E-state index contributed by atoms with van der Waals surface area (Å²) >= 11 is 0. The number of Topliss-reactive ketones (excluding diaryl/α,β-unsaturated/α-hetero) is 1. The number of alkyl halides is 4. The summed E-state index contributed by atoms with van der Waals surface area (Å²) in [7, 11) is 3.72. The van der Waals surface area contributed by atoms with Crippen LogP contribution in [0.15, 0.2) is 12.1 Å². The van der Waals surface area contributed by atoms with Gasteiger partial charge in [-0.1, -0.05) is 0 Å². The van der Waals surface area contributed by atoms with Crippen molar-refractivity contribution in [3.05, 3.63) is 46.0 Å². The van der Waals surface area contributed by atoms with Gasteiger partial charge in [0.1, 0.15) is 12.1 Å². The molecule has 0 saturated carbocycles. The van der Waals surface area contributed by atoms with Gasteiger partial charge in [0.05, 0.1) is 26.2 Å². The predicted octanol–water partition coefficient (Wildman–Crippen LogP) is 2.33. The molecule has 2 fully saturated rings. The van der Waals surface area contributed by atoms with Crippen LogP contribution in [-0.2, 0) is 44.8 Å². The Labute approximate surface area is 219 Å². The third-order valence-electron chi connectivity index (χ3n) is 8.26. The summed E-state index contributed by atoms with van der Waals surface area (Å²) in [5, 5.41) is 6.65. The second-order valence-corrected chi connectivity index (χ2v) is 10.8. The van der Waals surface area contributed by atoms with Crippen LogP contribution in [0.5, 0.6) is 0 Å². The van der Waals surface area contributed by atoms with Crippen LogP contribution in [0, 0.1) is 0 Å². The van der Waals surface area contributed by atoms with E-state index in [1.165, 1.54) is 9.80 Å². The van der Waals surface area contributed by atoms with Crippen molar-refractivity contribution >= 4 is 18.2 Å². The topological polar surface area (TPSA) is 57.5 Å². The molecule has 6 heterocycles. The van der Waals surface area contributed by atoms with E-state index in [9.17, 15) is 22.4 Å². The molecular formula is C25H33ClF4N6O. The van der Waals surface area contributed by atoms with Crippen molar-refractivity contribution in [2.75, 3.05) is 39.3 Å². The standard InChI is InChI=1S/C25H32F4N6O.ClH/c1-32-17(7-15-3-5-30-9-19(15)32)21(34-11-24(26,27)12-34)23(36)22(35-13-25(28,29)14-35)18-8-16-4-6-31-10-20(16)33(18)2;/h7-8,21-22,30-31H,3-6,9-14H2,1-2H3;1H. The number of ketones is 1. The summed E-state index contributed by atoms with van der Waals surface area (Å²) in [4.78, 5) is 17.4. The number of carbonyl (C=O) groups excluding carboxylic acids is 1. The van der Waals surface area contributed by atoms with Crippen LogP contribution < -0.4 is 10.6 Å². The number of halogens is 5. The number of likely N-dealkylation sites (tertiary alicyclic amines) is 2. The van der Waals surface area contributed by atoms with E-state index in [2.05, 4.69) is 10.6 Å². The van der Waals surface area contributed by atoms with E-state index >= 15 is 0 Å². The van der Waals surface area contributed by atoms with Gasteiger partial charge in [-0.3, -0.25) is 14.6 Å². The number of rotatable bonds is 6. The highest BCUT2D eigenvalue weighted by atomic mass is 35.5. The van der Waals surface area contributed by atoms with Crippen LogP contribution in [0.3, 0.4) is 0 Å². The second-order valence-electron chi connectivity index (χ2n) is 10.8. The lowest BCUT2D eigenvalue weighted by Crippen LogP contribution is -2.62. The predicted molar refractivity (Wildman–Crippen MR) is 132 cm³/mol. The van der Waals surface area contributed by atoms with E-state index in [1.807, 2.05) is 35.4 Å². The first-order valence-corrected chi connectivity index (χ1v) is 12.6. The van der Waals surface area contributed by atoms with E-state index in [0.717, 1.165) is 48.4 Å². The molecule has 4 aliphatic heterocycles. The van der Waals surface area contributed by atoms with Gasteiger partial charge in [0, 0.05) is 50.0 Å². The Balaban J connectivity index is 0.00000280. The Hall–Kier alpha value is -1.92. The lowest BCUT2D eigenvalue weighted by Gasteiger charge is -2.47. The van der Waals surface area contributed by atoms with E-state index in [4.69, 9.17) is 0 Å². The highest BCUT2D eigenvalue weighted by Gasteiger charge is 2.55. The molecule has 2 aromatic rings. The maximum atomic E-state index is 14.4. The molecule has 4 aliphatic rings. The molecule has 6 rings (SSSR count). The second kappa shape index (κ2) is 9.37. The van der Waals surface area contributed by atoms with Crippen molar-refractivity contribution in [3.8, 4) is 0 Å². The highest BCUT2D eigenvalue weighted by molar-refractivity contribution is 5.91. The molecule has 0 aliphatic carbocycles. The van der Waals surface area contributed by atoms with E-state index < -0.39 is 50.1 Å². The number of hydrogen-bond donors (Lipinski definition) is 2. The summed E-state index contributed by atoms with van der Waals surface area (Å²) in [6.07, 6.45) is 1.58. The number of carbonyl (C=O) groups is 1. The lowest BCUT2D eigenvalue weighted by atomic mass is 9.91. The third-order valence-corrected chi connectivity index (χ3v) is 8.26. The fourth-order valence-electron chi connectivity index (χ4n) is 6.38. The molecule has 0 spiro atoms. The Kier molecular flexibility index (Phi) is 6.76. The van der Waals surface area contributed by atoms with Gasteiger partial charge in [0.15, 0.2) is 5.78 Å². The smallest absolute Gasteiger partial charge is 0.273 e. The minimum absolute atomic E-state index is 0.